The predicted octanol–water partition coefficient (Wildman–Crippen LogP) is 6.04. The van der Waals surface area contributed by atoms with Crippen LogP contribution in [0.3, 0.4) is 0 Å². The summed E-state index contributed by atoms with van der Waals surface area (Å²) in [5.41, 5.74) is 1.54. The van der Waals surface area contributed by atoms with Gasteiger partial charge in [-0.1, -0.05) is 50.6 Å². The van der Waals surface area contributed by atoms with Crippen molar-refractivity contribution >= 4 is 5.78 Å². The molecule has 0 heterocycles. The largest absolute Gasteiger partial charge is 0.373 e. The van der Waals surface area contributed by atoms with E-state index >= 15 is 0 Å². The van der Waals surface area contributed by atoms with Crippen LogP contribution in [0.25, 0.3) is 0 Å². The minimum Gasteiger partial charge on any atom is -0.373 e. The van der Waals surface area contributed by atoms with Crippen molar-refractivity contribution in [1.82, 2.24) is 0 Å². The van der Waals surface area contributed by atoms with Gasteiger partial charge in [0.25, 0.3) is 0 Å². The van der Waals surface area contributed by atoms with Crippen molar-refractivity contribution in [2.24, 2.45) is 40.9 Å². The number of ether oxygens (including phenoxy) is 1. The Morgan fingerprint density at radius 1 is 1.00 bits per heavy atom. The van der Waals surface area contributed by atoms with Gasteiger partial charge in [-0.3, -0.25) is 4.79 Å². The molecule has 0 spiro atoms. The molecule has 0 bridgehead atoms. The van der Waals surface area contributed by atoms with Crippen LogP contribution >= 0.6 is 0 Å². The van der Waals surface area contributed by atoms with Crippen LogP contribution in [-0.4, -0.2) is 11.9 Å². The number of rotatable bonds is 3. The first-order valence-electron chi connectivity index (χ1n) is 11.7. The second-order valence-electron chi connectivity index (χ2n) is 10.7. The van der Waals surface area contributed by atoms with Crippen LogP contribution in [0, 0.1) is 40.9 Å². The van der Waals surface area contributed by atoms with Gasteiger partial charge in [-0.25, -0.2) is 0 Å². The van der Waals surface area contributed by atoms with Crippen LogP contribution in [0.15, 0.2) is 30.3 Å². The van der Waals surface area contributed by atoms with Gasteiger partial charge in [0.2, 0.25) is 0 Å². The van der Waals surface area contributed by atoms with Gasteiger partial charge in [-0.15, -0.1) is 0 Å². The first kappa shape index (κ1) is 18.9. The fourth-order valence-corrected chi connectivity index (χ4v) is 7.81. The summed E-state index contributed by atoms with van der Waals surface area (Å²) in [4.78, 5) is 13.1. The molecule has 0 amide bonds. The molecule has 5 rings (SSSR count). The maximum Gasteiger partial charge on any atom is 0.136 e. The Balaban J connectivity index is 1.31. The molecule has 0 radical (unpaired) electrons. The van der Waals surface area contributed by atoms with Crippen LogP contribution in [-0.2, 0) is 16.1 Å². The average Bonchev–Trinajstić information content (AvgIpc) is 3.04. The number of hydrogen-bond acceptors (Lipinski definition) is 2. The van der Waals surface area contributed by atoms with Gasteiger partial charge in [0, 0.05) is 12.3 Å². The van der Waals surface area contributed by atoms with Crippen LogP contribution in [0.2, 0.25) is 0 Å². The zero-order chi connectivity index (χ0) is 19.3. The molecule has 8 atom stereocenters. The fraction of sp³-hybridized carbons (Fsp3) is 0.731. The molecule has 1 aromatic rings. The Kier molecular flexibility index (Phi) is 4.90. The van der Waals surface area contributed by atoms with E-state index in [0.29, 0.717) is 35.6 Å². The standard InChI is InChI=1S/C26H36O2/c1-17-8-9-19-20-12-13-26(2)23(21(20)15-24(27)22(19)14-17)10-11-25(26)28-16-18-6-4-3-5-7-18/h3-7,17,19-23,25H,8-16H2,1-2H3/t17-,19+,20+,21+,22-,23-,25-,26-/m0/s1. The topological polar surface area (TPSA) is 26.3 Å². The van der Waals surface area contributed by atoms with E-state index in [1.54, 1.807) is 0 Å². The summed E-state index contributed by atoms with van der Waals surface area (Å²) >= 11 is 0. The van der Waals surface area contributed by atoms with Crippen LogP contribution in [0.5, 0.6) is 0 Å². The highest BCUT2D eigenvalue weighted by Crippen LogP contribution is 2.62. The maximum atomic E-state index is 13.1. The molecule has 2 heteroatoms. The molecule has 1 aromatic carbocycles. The Hall–Kier alpha value is -1.15. The normalized spacial score (nSPS) is 45.2. The molecule has 0 aliphatic heterocycles. The highest BCUT2D eigenvalue weighted by Gasteiger charge is 2.58. The summed E-state index contributed by atoms with van der Waals surface area (Å²) in [7, 11) is 0. The van der Waals surface area contributed by atoms with E-state index in [9.17, 15) is 4.79 Å². The summed E-state index contributed by atoms with van der Waals surface area (Å²) in [6, 6.07) is 10.6. The lowest BCUT2D eigenvalue weighted by molar-refractivity contribution is -0.145. The molecule has 4 aliphatic rings. The van der Waals surface area contributed by atoms with Gasteiger partial charge in [0.05, 0.1) is 12.7 Å². The highest BCUT2D eigenvalue weighted by molar-refractivity contribution is 5.82. The van der Waals surface area contributed by atoms with E-state index < -0.39 is 0 Å². The van der Waals surface area contributed by atoms with Crippen molar-refractivity contribution in [2.45, 2.75) is 77.9 Å². The second-order valence-corrected chi connectivity index (χ2v) is 10.7. The highest BCUT2D eigenvalue weighted by atomic mass is 16.5. The lowest BCUT2D eigenvalue weighted by atomic mass is 9.49. The molecule has 152 valence electrons. The van der Waals surface area contributed by atoms with Gasteiger partial charge < -0.3 is 4.74 Å². The zero-order valence-electron chi connectivity index (χ0n) is 17.6. The van der Waals surface area contributed by atoms with Gasteiger partial charge in [0.15, 0.2) is 0 Å². The molecular weight excluding hydrogens is 344 g/mol. The second kappa shape index (κ2) is 7.27. The quantitative estimate of drug-likeness (QED) is 0.639. The first-order chi connectivity index (χ1) is 13.6. The number of hydrogen-bond donors (Lipinski definition) is 0. The third-order valence-corrected chi connectivity index (χ3v) is 9.27. The molecule has 0 saturated heterocycles. The molecule has 4 fully saturated rings. The summed E-state index contributed by atoms with van der Waals surface area (Å²) < 4.78 is 6.50. The van der Waals surface area contributed by atoms with E-state index in [-0.39, 0.29) is 5.41 Å². The number of benzene rings is 1. The maximum absolute atomic E-state index is 13.1. The van der Waals surface area contributed by atoms with Crippen LogP contribution in [0.1, 0.15) is 70.8 Å². The summed E-state index contributed by atoms with van der Waals surface area (Å²) in [6.45, 7) is 5.55. The molecule has 4 saturated carbocycles. The van der Waals surface area contributed by atoms with E-state index in [0.717, 1.165) is 31.3 Å². The van der Waals surface area contributed by atoms with Crippen molar-refractivity contribution in [1.29, 1.82) is 0 Å². The molecule has 2 nitrogen and oxygen atoms in total. The summed E-state index contributed by atoms with van der Waals surface area (Å²) in [5, 5.41) is 0. The Morgan fingerprint density at radius 2 is 1.82 bits per heavy atom. The average molecular weight is 381 g/mol. The summed E-state index contributed by atoms with van der Waals surface area (Å²) in [5.74, 6) is 4.56. The minimum atomic E-state index is 0.269. The molecule has 28 heavy (non-hydrogen) atoms. The zero-order valence-corrected chi connectivity index (χ0v) is 17.6. The minimum absolute atomic E-state index is 0.269. The summed E-state index contributed by atoms with van der Waals surface area (Å²) in [6.07, 6.45) is 10.1. The van der Waals surface area contributed by atoms with Crippen molar-refractivity contribution in [3.05, 3.63) is 35.9 Å². The monoisotopic (exact) mass is 380 g/mol. The number of carbonyl (C=O) groups excluding carboxylic acids is 1. The van der Waals surface area contributed by atoms with Crippen molar-refractivity contribution in [3.63, 3.8) is 0 Å². The van der Waals surface area contributed by atoms with Gasteiger partial charge in [0.1, 0.15) is 5.78 Å². The lowest BCUT2D eigenvalue weighted by Crippen LogP contribution is -2.52. The lowest BCUT2D eigenvalue weighted by Gasteiger charge is -2.55. The smallest absolute Gasteiger partial charge is 0.136 e. The Morgan fingerprint density at radius 3 is 2.64 bits per heavy atom. The number of fused-ring (bicyclic) bond motifs is 5. The Labute approximate surface area is 170 Å². The molecule has 0 aromatic heterocycles. The number of Topliss-reactive ketones (excluding diaryl/α,β-unsaturated/α-hetero) is 1. The van der Waals surface area contributed by atoms with E-state index in [1.165, 1.54) is 44.1 Å². The molecule has 0 N–H and O–H groups in total. The van der Waals surface area contributed by atoms with Gasteiger partial charge >= 0.3 is 0 Å². The Bertz CT molecular complexity index is 712. The van der Waals surface area contributed by atoms with Gasteiger partial charge in [-0.05, 0) is 79.1 Å². The van der Waals surface area contributed by atoms with Crippen molar-refractivity contribution < 1.29 is 9.53 Å². The third-order valence-electron chi connectivity index (χ3n) is 9.27. The van der Waals surface area contributed by atoms with E-state index in [1.807, 2.05) is 0 Å². The van der Waals surface area contributed by atoms with Crippen LogP contribution in [0.4, 0.5) is 0 Å². The SMILES string of the molecule is C[C@H]1CC[C@@H]2[C@H]3CC[C@]4(C)[C@@H](OCc5ccccc5)CC[C@H]4[C@@H]3CC(=O)[C@H]2C1. The molecular formula is C26H36O2. The number of carbonyl (C=O) groups is 1. The van der Waals surface area contributed by atoms with Crippen molar-refractivity contribution in [2.75, 3.05) is 0 Å². The van der Waals surface area contributed by atoms with Crippen molar-refractivity contribution in [3.8, 4) is 0 Å². The van der Waals surface area contributed by atoms with E-state index in [4.69, 9.17) is 4.74 Å². The molecule has 4 aliphatic carbocycles. The van der Waals surface area contributed by atoms with E-state index in [2.05, 4.69) is 44.2 Å². The fourth-order valence-electron chi connectivity index (χ4n) is 7.81. The van der Waals surface area contributed by atoms with Crippen LogP contribution < -0.4 is 0 Å². The molecule has 0 unspecified atom stereocenters. The number of ketones is 1. The first-order valence-corrected chi connectivity index (χ1v) is 11.7. The van der Waals surface area contributed by atoms with Gasteiger partial charge in [-0.2, -0.15) is 0 Å². The predicted molar refractivity (Wildman–Crippen MR) is 112 cm³/mol. The third kappa shape index (κ3) is 3.07.